The van der Waals surface area contributed by atoms with E-state index in [1.165, 1.54) is 0 Å². The maximum absolute atomic E-state index is 11.6. The summed E-state index contributed by atoms with van der Waals surface area (Å²) in [5.74, 6) is -1.05. The highest BCUT2D eigenvalue weighted by molar-refractivity contribution is 5.90. The van der Waals surface area contributed by atoms with Gasteiger partial charge in [-0.3, -0.25) is 14.4 Å². The van der Waals surface area contributed by atoms with Gasteiger partial charge in [0.25, 0.3) is 0 Å². The van der Waals surface area contributed by atoms with Crippen molar-refractivity contribution in [3.63, 3.8) is 0 Å². The van der Waals surface area contributed by atoms with Crippen LogP contribution in [0.15, 0.2) is 0 Å². The van der Waals surface area contributed by atoms with Crippen LogP contribution in [0.4, 0.5) is 0 Å². The average Bonchev–Trinajstić information content (AvgIpc) is 2.40. The van der Waals surface area contributed by atoms with E-state index in [2.05, 4.69) is 16.0 Å². The van der Waals surface area contributed by atoms with E-state index in [9.17, 15) is 14.4 Å². The fourth-order valence-corrected chi connectivity index (χ4v) is 1.35. The number of hydrogen-bond acceptors (Lipinski definition) is 4. The van der Waals surface area contributed by atoms with Crippen LogP contribution in [0, 0.1) is 5.92 Å². The second-order valence-corrected chi connectivity index (χ2v) is 5.07. The molecule has 0 bridgehead atoms. The molecule has 1 unspecified atom stereocenters. The lowest BCUT2D eigenvalue weighted by Crippen LogP contribution is -2.50. The average molecular weight is 286 g/mol. The van der Waals surface area contributed by atoms with E-state index in [-0.39, 0.29) is 24.3 Å². The van der Waals surface area contributed by atoms with E-state index in [0.717, 1.165) is 6.42 Å². The summed E-state index contributed by atoms with van der Waals surface area (Å²) in [6.45, 7) is 7.56. The number of carbonyl (C=O) groups is 3. The zero-order chi connectivity index (χ0) is 15.7. The fraction of sp³-hybridized carbons (Fsp3) is 0.769. The van der Waals surface area contributed by atoms with E-state index >= 15 is 0 Å². The van der Waals surface area contributed by atoms with Gasteiger partial charge in [-0.15, -0.1) is 0 Å². The molecule has 7 nitrogen and oxygen atoms in total. The molecule has 0 aliphatic rings. The minimum Gasteiger partial charge on any atom is -0.354 e. The largest absolute Gasteiger partial charge is 0.354 e. The quantitative estimate of drug-likeness (QED) is 0.464. The van der Waals surface area contributed by atoms with Gasteiger partial charge in [0.15, 0.2) is 0 Å². The van der Waals surface area contributed by atoms with Crippen LogP contribution in [0.25, 0.3) is 0 Å². The molecule has 0 aromatic rings. The second kappa shape index (κ2) is 9.30. The summed E-state index contributed by atoms with van der Waals surface area (Å²) >= 11 is 0. The summed E-state index contributed by atoms with van der Waals surface area (Å²) in [5.41, 5.74) is 5.64. The monoisotopic (exact) mass is 286 g/mol. The lowest BCUT2D eigenvalue weighted by Gasteiger charge is -2.16. The first-order chi connectivity index (χ1) is 9.29. The third-order valence-corrected chi connectivity index (χ3v) is 2.76. The summed E-state index contributed by atoms with van der Waals surface area (Å²) in [6.07, 6.45) is 0.829. The minimum absolute atomic E-state index is 0.00296. The molecule has 7 heteroatoms. The predicted octanol–water partition coefficient (Wildman–Crippen LogP) is -0.883. The summed E-state index contributed by atoms with van der Waals surface area (Å²) in [7, 11) is 0. The molecule has 5 N–H and O–H groups in total. The highest BCUT2D eigenvalue weighted by atomic mass is 16.2. The lowest BCUT2D eigenvalue weighted by atomic mass is 10.1. The van der Waals surface area contributed by atoms with Crippen molar-refractivity contribution in [3.8, 4) is 0 Å². The Balaban J connectivity index is 4.05. The normalized spacial score (nSPS) is 13.5. The Morgan fingerprint density at radius 3 is 2.15 bits per heavy atom. The van der Waals surface area contributed by atoms with Crippen molar-refractivity contribution in [2.45, 2.75) is 46.2 Å². The Kier molecular flexibility index (Phi) is 8.54. The van der Waals surface area contributed by atoms with Gasteiger partial charge < -0.3 is 21.7 Å². The summed E-state index contributed by atoms with van der Waals surface area (Å²) in [6, 6.07) is -1.28. The van der Waals surface area contributed by atoms with Crippen molar-refractivity contribution >= 4 is 17.7 Å². The van der Waals surface area contributed by atoms with Crippen molar-refractivity contribution in [1.29, 1.82) is 0 Å². The molecular weight excluding hydrogens is 260 g/mol. The molecule has 0 spiro atoms. The Bertz CT molecular complexity index is 345. The molecule has 0 saturated heterocycles. The van der Waals surface area contributed by atoms with Crippen molar-refractivity contribution in [2.75, 3.05) is 13.1 Å². The maximum Gasteiger partial charge on any atom is 0.242 e. The molecule has 0 rings (SSSR count). The van der Waals surface area contributed by atoms with Crippen LogP contribution in [0.2, 0.25) is 0 Å². The van der Waals surface area contributed by atoms with E-state index in [1.807, 2.05) is 20.8 Å². The zero-order valence-corrected chi connectivity index (χ0v) is 12.7. The van der Waals surface area contributed by atoms with Crippen LogP contribution < -0.4 is 21.7 Å². The number of nitrogens with one attached hydrogen (secondary N) is 3. The van der Waals surface area contributed by atoms with Gasteiger partial charge >= 0.3 is 0 Å². The van der Waals surface area contributed by atoms with E-state index in [1.54, 1.807) is 6.92 Å². The van der Waals surface area contributed by atoms with Crippen molar-refractivity contribution in [2.24, 2.45) is 11.7 Å². The lowest BCUT2D eigenvalue weighted by molar-refractivity contribution is -0.129. The number of hydrogen-bond donors (Lipinski definition) is 4. The predicted molar refractivity (Wildman–Crippen MR) is 76.7 cm³/mol. The molecule has 3 amide bonds. The highest BCUT2D eigenvalue weighted by Gasteiger charge is 2.19. The molecule has 0 heterocycles. The SMILES string of the molecule is CCCNC(=O)C(C)NC(=O)CNC(=O)[C@@H](N)C(C)C. The molecule has 0 radical (unpaired) electrons. The Morgan fingerprint density at radius 2 is 1.65 bits per heavy atom. The van der Waals surface area contributed by atoms with Gasteiger partial charge in [-0.2, -0.15) is 0 Å². The molecule has 0 aliphatic heterocycles. The number of amides is 3. The van der Waals surface area contributed by atoms with Crippen LogP contribution in [-0.2, 0) is 14.4 Å². The van der Waals surface area contributed by atoms with Gasteiger partial charge in [0.05, 0.1) is 12.6 Å². The first-order valence-electron chi connectivity index (χ1n) is 6.89. The zero-order valence-electron chi connectivity index (χ0n) is 12.7. The number of carbonyl (C=O) groups excluding carboxylic acids is 3. The van der Waals surface area contributed by atoms with Crippen LogP contribution in [0.5, 0.6) is 0 Å². The molecule has 2 atom stereocenters. The van der Waals surface area contributed by atoms with Crippen molar-refractivity contribution < 1.29 is 14.4 Å². The molecule has 20 heavy (non-hydrogen) atoms. The van der Waals surface area contributed by atoms with Gasteiger partial charge in [-0.05, 0) is 19.3 Å². The standard InChI is InChI=1S/C13H26N4O3/c1-5-6-15-12(19)9(4)17-10(18)7-16-13(20)11(14)8(2)3/h8-9,11H,5-7,14H2,1-4H3,(H,15,19)(H,16,20)(H,17,18)/t9?,11-/m0/s1. The Hall–Kier alpha value is -1.63. The molecule has 0 aromatic carbocycles. The fourth-order valence-electron chi connectivity index (χ4n) is 1.35. The van der Waals surface area contributed by atoms with Crippen molar-refractivity contribution in [3.05, 3.63) is 0 Å². The van der Waals surface area contributed by atoms with Crippen LogP contribution >= 0.6 is 0 Å². The Morgan fingerprint density at radius 1 is 1.05 bits per heavy atom. The van der Waals surface area contributed by atoms with Crippen LogP contribution in [0.1, 0.15) is 34.1 Å². The molecular formula is C13H26N4O3. The van der Waals surface area contributed by atoms with Gasteiger partial charge in [0.2, 0.25) is 17.7 Å². The van der Waals surface area contributed by atoms with E-state index in [4.69, 9.17) is 5.73 Å². The van der Waals surface area contributed by atoms with Crippen LogP contribution in [0.3, 0.4) is 0 Å². The molecule has 0 aliphatic carbocycles. The maximum atomic E-state index is 11.6. The topological polar surface area (TPSA) is 113 Å². The first-order valence-corrected chi connectivity index (χ1v) is 6.89. The smallest absolute Gasteiger partial charge is 0.242 e. The second-order valence-electron chi connectivity index (χ2n) is 5.07. The third kappa shape index (κ3) is 7.08. The van der Waals surface area contributed by atoms with Gasteiger partial charge in [-0.1, -0.05) is 20.8 Å². The summed E-state index contributed by atoms with van der Waals surface area (Å²) < 4.78 is 0. The Labute approximate surface area is 120 Å². The summed E-state index contributed by atoms with van der Waals surface area (Å²) in [5, 5.41) is 7.62. The van der Waals surface area contributed by atoms with Gasteiger partial charge in [-0.25, -0.2) is 0 Å². The summed E-state index contributed by atoms with van der Waals surface area (Å²) in [4.78, 5) is 34.7. The minimum atomic E-state index is -0.645. The first kappa shape index (κ1) is 18.4. The van der Waals surface area contributed by atoms with Gasteiger partial charge in [0.1, 0.15) is 6.04 Å². The van der Waals surface area contributed by atoms with E-state index < -0.39 is 18.0 Å². The third-order valence-electron chi connectivity index (χ3n) is 2.76. The van der Waals surface area contributed by atoms with Crippen molar-refractivity contribution in [1.82, 2.24) is 16.0 Å². The van der Waals surface area contributed by atoms with Gasteiger partial charge in [0, 0.05) is 6.54 Å². The number of nitrogens with two attached hydrogens (primary N) is 1. The van der Waals surface area contributed by atoms with Crippen LogP contribution in [-0.4, -0.2) is 42.9 Å². The molecule has 0 fully saturated rings. The molecule has 0 saturated carbocycles. The molecule has 116 valence electrons. The molecule has 0 aromatic heterocycles. The number of rotatable bonds is 8. The van der Waals surface area contributed by atoms with E-state index in [0.29, 0.717) is 6.54 Å². The highest BCUT2D eigenvalue weighted by Crippen LogP contribution is 1.97.